The molecule has 2 aromatic carbocycles. The molecule has 0 bridgehead atoms. The first-order valence-corrected chi connectivity index (χ1v) is 9.96. The number of aryl methyl sites for hydroxylation is 1. The van der Waals surface area contributed by atoms with Crippen LogP contribution >= 0.6 is 12.2 Å². The Bertz CT molecular complexity index is 1060. The van der Waals surface area contributed by atoms with Gasteiger partial charge in [0.2, 0.25) is 11.6 Å². The largest absolute Gasteiger partial charge is 0.454 e. The molecule has 0 radical (unpaired) electrons. The minimum absolute atomic E-state index is 0.304. The molecule has 0 spiro atoms. The zero-order chi connectivity index (χ0) is 19.1. The lowest BCUT2D eigenvalue weighted by atomic mass is 10.0. The van der Waals surface area contributed by atoms with E-state index in [9.17, 15) is 0 Å². The highest BCUT2D eigenvalue weighted by molar-refractivity contribution is 7.71. The molecule has 3 heterocycles. The van der Waals surface area contributed by atoms with Crippen LogP contribution in [0.1, 0.15) is 30.0 Å². The second-order valence-corrected chi connectivity index (χ2v) is 7.74. The topological polar surface area (TPSA) is 55.3 Å². The average molecular weight is 395 g/mol. The van der Waals surface area contributed by atoms with Gasteiger partial charge < -0.3 is 9.47 Å². The summed E-state index contributed by atoms with van der Waals surface area (Å²) in [7, 11) is 0. The lowest BCUT2D eigenvalue weighted by Crippen LogP contribution is -2.26. The van der Waals surface area contributed by atoms with Gasteiger partial charge in [-0.25, -0.2) is 4.68 Å². The van der Waals surface area contributed by atoms with Crippen molar-refractivity contribution in [2.75, 3.05) is 13.3 Å². The zero-order valence-electron chi connectivity index (χ0n) is 15.7. The number of aromatic nitrogens is 3. The quantitative estimate of drug-likeness (QED) is 0.663. The SMILES string of the molecule is Cc1ccc(-c2nc(=S)n(CN3CCCC3c3ccc4c(c3)OCO4)[nH]2)cc1. The van der Waals surface area contributed by atoms with Crippen LogP contribution in [0.5, 0.6) is 11.5 Å². The van der Waals surface area contributed by atoms with Crippen LogP contribution < -0.4 is 9.47 Å². The number of hydrogen-bond acceptors (Lipinski definition) is 5. The van der Waals surface area contributed by atoms with Crippen LogP contribution in [0, 0.1) is 11.7 Å². The van der Waals surface area contributed by atoms with Gasteiger partial charge in [-0.3, -0.25) is 10.00 Å². The van der Waals surface area contributed by atoms with Crippen LogP contribution in [0.25, 0.3) is 11.4 Å². The fourth-order valence-corrected chi connectivity index (χ4v) is 4.16. The van der Waals surface area contributed by atoms with Crippen molar-refractivity contribution in [3.05, 3.63) is 58.4 Å². The minimum atomic E-state index is 0.304. The first-order valence-electron chi connectivity index (χ1n) is 9.55. The molecule has 0 aliphatic carbocycles. The molecule has 1 N–H and O–H groups in total. The van der Waals surface area contributed by atoms with Crippen molar-refractivity contribution in [2.24, 2.45) is 0 Å². The molecular weight excluding hydrogens is 372 g/mol. The average Bonchev–Trinajstić information content (AvgIpc) is 3.42. The number of ether oxygens (including phenoxy) is 2. The van der Waals surface area contributed by atoms with Crippen molar-refractivity contribution in [3.8, 4) is 22.9 Å². The molecule has 1 saturated heterocycles. The van der Waals surface area contributed by atoms with Crippen molar-refractivity contribution in [1.29, 1.82) is 0 Å². The van der Waals surface area contributed by atoms with E-state index in [-0.39, 0.29) is 0 Å². The third-order valence-corrected chi connectivity index (χ3v) is 5.78. The number of nitrogens with zero attached hydrogens (tertiary/aromatic N) is 3. The van der Waals surface area contributed by atoms with Crippen LogP contribution in [0.2, 0.25) is 0 Å². The Labute approximate surface area is 168 Å². The van der Waals surface area contributed by atoms with E-state index < -0.39 is 0 Å². The molecular formula is C21H22N4O2S. The van der Waals surface area contributed by atoms with Crippen LogP contribution in [0.15, 0.2) is 42.5 Å². The first-order chi connectivity index (χ1) is 13.7. The van der Waals surface area contributed by atoms with Gasteiger partial charge in [0.1, 0.15) is 0 Å². The number of hydrogen-bond donors (Lipinski definition) is 1. The maximum Gasteiger partial charge on any atom is 0.231 e. The molecule has 2 aliphatic rings. The van der Waals surface area contributed by atoms with Crippen LogP contribution in [0.3, 0.4) is 0 Å². The molecule has 28 heavy (non-hydrogen) atoms. The molecule has 0 saturated carbocycles. The molecule has 0 amide bonds. The van der Waals surface area contributed by atoms with E-state index in [1.54, 1.807) is 0 Å². The van der Waals surface area contributed by atoms with Crippen molar-refractivity contribution in [2.45, 2.75) is 32.5 Å². The number of rotatable bonds is 4. The molecule has 6 nitrogen and oxygen atoms in total. The highest BCUT2D eigenvalue weighted by Gasteiger charge is 2.28. The standard InChI is InChI=1S/C21H22N4O2S/c1-14-4-6-15(7-5-14)20-22-21(28)25(23-20)12-24-10-2-3-17(24)16-8-9-18-19(11-16)27-13-26-18/h4-9,11,17H,2-3,10,12-13H2,1H3,(H,22,23,28). The molecule has 1 atom stereocenters. The third kappa shape index (κ3) is 3.21. The summed E-state index contributed by atoms with van der Waals surface area (Å²) in [5.74, 6) is 2.47. The fraction of sp³-hybridized carbons (Fsp3) is 0.333. The number of aromatic amines is 1. The summed E-state index contributed by atoms with van der Waals surface area (Å²) in [6.45, 7) is 4.10. The normalized spacial score (nSPS) is 18.7. The van der Waals surface area contributed by atoms with E-state index in [4.69, 9.17) is 21.7 Å². The van der Waals surface area contributed by atoms with Gasteiger partial charge in [0.25, 0.3) is 0 Å². The van der Waals surface area contributed by atoms with Gasteiger partial charge in [-0.1, -0.05) is 35.9 Å². The van der Waals surface area contributed by atoms with Crippen LogP contribution in [0.4, 0.5) is 0 Å². The number of H-pyrrole nitrogens is 1. The monoisotopic (exact) mass is 394 g/mol. The van der Waals surface area contributed by atoms with Crippen molar-refractivity contribution < 1.29 is 9.47 Å². The van der Waals surface area contributed by atoms with E-state index in [1.165, 1.54) is 11.1 Å². The fourth-order valence-electron chi connectivity index (χ4n) is 3.97. The molecule has 1 fully saturated rings. The second-order valence-electron chi connectivity index (χ2n) is 7.37. The van der Waals surface area contributed by atoms with Crippen molar-refractivity contribution >= 4 is 12.2 Å². The lowest BCUT2D eigenvalue weighted by Gasteiger charge is -2.25. The first kappa shape index (κ1) is 17.5. The lowest BCUT2D eigenvalue weighted by molar-refractivity contribution is 0.173. The number of benzene rings is 2. The molecule has 1 aromatic heterocycles. The number of nitrogens with one attached hydrogen (secondary N) is 1. The molecule has 2 aliphatic heterocycles. The van der Waals surface area contributed by atoms with Crippen LogP contribution in [-0.2, 0) is 6.67 Å². The van der Waals surface area contributed by atoms with E-state index in [0.717, 1.165) is 42.3 Å². The summed E-state index contributed by atoms with van der Waals surface area (Å²) in [4.78, 5) is 6.99. The third-order valence-electron chi connectivity index (χ3n) is 5.47. The van der Waals surface area contributed by atoms with Crippen LogP contribution in [-0.4, -0.2) is 33.0 Å². The Hall–Kier alpha value is -2.64. The van der Waals surface area contributed by atoms with E-state index >= 15 is 0 Å². The maximum atomic E-state index is 5.55. The molecule has 144 valence electrons. The minimum Gasteiger partial charge on any atom is -0.454 e. The predicted molar refractivity (Wildman–Crippen MR) is 109 cm³/mol. The Kier molecular flexibility index (Phi) is 4.41. The highest BCUT2D eigenvalue weighted by atomic mass is 32.1. The Morgan fingerprint density at radius 3 is 2.82 bits per heavy atom. The Balaban J connectivity index is 1.38. The predicted octanol–water partition coefficient (Wildman–Crippen LogP) is 4.44. The summed E-state index contributed by atoms with van der Waals surface area (Å²) < 4.78 is 13.5. The summed E-state index contributed by atoms with van der Waals surface area (Å²) in [5, 5.41) is 3.37. The van der Waals surface area contributed by atoms with Gasteiger partial charge in [-0.15, -0.1) is 0 Å². The zero-order valence-corrected chi connectivity index (χ0v) is 16.5. The maximum absolute atomic E-state index is 5.55. The summed E-state index contributed by atoms with van der Waals surface area (Å²) in [5.41, 5.74) is 3.53. The molecule has 5 rings (SSSR count). The second kappa shape index (κ2) is 7.07. The summed E-state index contributed by atoms with van der Waals surface area (Å²) in [6, 6.07) is 14.9. The van der Waals surface area contributed by atoms with Gasteiger partial charge in [-0.2, -0.15) is 4.98 Å². The molecule has 1 unspecified atom stereocenters. The Morgan fingerprint density at radius 2 is 1.96 bits per heavy atom. The van der Waals surface area contributed by atoms with Crippen molar-refractivity contribution in [3.63, 3.8) is 0 Å². The van der Waals surface area contributed by atoms with Crippen molar-refractivity contribution in [1.82, 2.24) is 19.7 Å². The Morgan fingerprint density at radius 1 is 1.14 bits per heavy atom. The number of likely N-dealkylation sites (tertiary alicyclic amines) is 1. The van der Waals surface area contributed by atoms with Gasteiger partial charge in [0.05, 0.1) is 6.67 Å². The smallest absolute Gasteiger partial charge is 0.231 e. The number of fused-ring (bicyclic) bond motifs is 1. The van der Waals surface area contributed by atoms with E-state index in [1.807, 2.05) is 10.7 Å². The summed E-state index contributed by atoms with van der Waals surface area (Å²) >= 11 is 5.51. The van der Waals surface area contributed by atoms with Gasteiger partial charge in [0, 0.05) is 18.2 Å². The molecule has 3 aromatic rings. The molecule has 7 heteroatoms. The van der Waals surface area contributed by atoms with E-state index in [2.05, 4.69) is 58.3 Å². The summed E-state index contributed by atoms with van der Waals surface area (Å²) in [6.07, 6.45) is 2.28. The van der Waals surface area contributed by atoms with E-state index in [0.29, 0.717) is 24.3 Å². The van der Waals surface area contributed by atoms with Gasteiger partial charge in [-0.05, 0) is 49.7 Å². The van der Waals surface area contributed by atoms with Gasteiger partial charge in [0.15, 0.2) is 17.3 Å². The van der Waals surface area contributed by atoms with Gasteiger partial charge >= 0.3 is 0 Å². The highest BCUT2D eigenvalue weighted by Crippen LogP contribution is 2.39.